The number of hydrogen-bond donors (Lipinski definition) is 0. The van der Waals surface area contributed by atoms with Gasteiger partial charge in [-0.25, -0.2) is 0 Å². The molecule has 1 fully saturated rings. The number of benzene rings is 1. The molecule has 0 radical (unpaired) electrons. The summed E-state index contributed by atoms with van der Waals surface area (Å²) in [4.78, 5) is 3.62. The second-order valence-electron chi connectivity index (χ2n) is 7.21. The predicted molar refractivity (Wildman–Crippen MR) is 103 cm³/mol. The zero-order valence-corrected chi connectivity index (χ0v) is 16.1. The third-order valence-corrected chi connectivity index (χ3v) is 6.00. The van der Waals surface area contributed by atoms with E-state index in [1.807, 2.05) is 13.0 Å². The first-order valence-corrected chi connectivity index (χ1v) is 10.0. The van der Waals surface area contributed by atoms with E-state index in [1.165, 1.54) is 17.1 Å². The first kappa shape index (κ1) is 17.4. The number of aryl methyl sites for hydroxylation is 1. The molecule has 0 amide bonds. The minimum absolute atomic E-state index is 0.456. The standard InChI is InChI=1S/C20H24N4OS/c1-14(16-6-4-3-5-7-16)13-24-10-8-17(9-11-24)19-20(26-23-21-19)18-12-15(2)22-25-18/h3-7,12,14,17H,8-11,13H2,1-2H3/t14-/m1/s1. The van der Waals surface area contributed by atoms with Gasteiger partial charge >= 0.3 is 0 Å². The molecule has 0 N–H and O–H groups in total. The van der Waals surface area contributed by atoms with Gasteiger partial charge in [-0.1, -0.05) is 46.9 Å². The summed E-state index contributed by atoms with van der Waals surface area (Å²) in [5.74, 6) is 1.81. The SMILES string of the molecule is Cc1cc(-c2snnc2C2CCN(C[C@@H](C)c3ccccc3)CC2)on1. The van der Waals surface area contributed by atoms with Crippen LogP contribution in [0.25, 0.3) is 10.6 Å². The Morgan fingerprint density at radius 3 is 2.69 bits per heavy atom. The van der Waals surface area contributed by atoms with Crippen LogP contribution in [0.5, 0.6) is 0 Å². The largest absolute Gasteiger partial charge is 0.355 e. The molecule has 0 spiro atoms. The number of likely N-dealkylation sites (tertiary alicyclic amines) is 1. The third-order valence-electron chi connectivity index (χ3n) is 5.24. The van der Waals surface area contributed by atoms with Gasteiger partial charge in [0.25, 0.3) is 0 Å². The van der Waals surface area contributed by atoms with Gasteiger partial charge in [0.1, 0.15) is 4.88 Å². The molecule has 4 rings (SSSR count). The lowest BCUT2D eigenvalue weighted by Gasteiger charge is -2.33. The normalized spacial score (nSPS) is 17.5. The van der Waals surface area contributed by atoms with Crippen LogP contribution in [0.1, 0.15) is 48.6 Å². The van der Waals surface area contributed by atoms with Crippen LogP contribution in [0.3, 0.4) is 0 Å². The van der Waals surface area contributed by atoms with Crippen molar-refractivity contribution >= 4 is 11.5 Å². The zero-order valence-electron chi connectivity index (χ0n) is 15.3. The van der Waals surface area contributed by atoms with Gasteiger partial charge in [0, 0.05) is 18.5 Å². The van der Waals surface area contributed by atoms with Crippen molar-refractivity contribution in [1.29, 1.82) is 0 Å². The van der Waals surface area contributed by atoms with Crippen molar-refractivity contribution in [3.8, 4) is 10.6 Å². The Balaban J connectivity index is 1.38. The van der Waals surface area contributed by atoms with Gasteiger partial charge in [-0.3, -0.25) is 0 Å². The summed E-state index contributed by atoms with van der Waals surface area (Å²) in [5, 5.41) is 8.42. The molecule has 1 saturated heterocycles. The smallest absolute Gasteiger partial charge is 0.180 e. The average molecular weight is 369 g/mol. The molecule has 3 aromatic rings. The molecule has 26 heavy (non-hydrogen) atoms. The highest BCUT2D eigenvalue weighted by Crippen LogP contribution is 2.36. The topological polar surface area (TPSA) is 55.1 Å². The molecule has 0 bridgehead atoms. The molecule has 136 valence electrons. The minimum Gasteiger partial charge on any atom is -0.355 e. The van der Waals surface area contributed by atoms with Crippen molar-refractivity contribution in [3.63, 3.8) is 0 Å². The number of aromatic nitrogens is 3. The fraction of sp³-hybridized carbons (Fsp3) is 0.450. The monoisotopic (exact) mass is 368 g/mol. The van der Waals surface area contributed by atoms with Crippen LogP contribution >= 0.6 is 11.5 Å². The molecule has 0 aliphatic carbocycles. The fourth-order valence-electron chi connectivity index (χ4n) is 3.77. The predicted octanol–water partition coefficient (Wildman–Crippen LogP) is 4.48. The van der Waals surface area contributed by atoms with Gasteiger partial charge in [-0.15, -0.1) is 5.10 Å². The number of hydrogen-bond acceptors (Lipinski definition) is 6. The van der Waals surface area contributed by atoms with E-state index in [2.05, 4.69) is 56.9 Å². The van der Waals surface area contributed by atoms with Gasteiger partial charge in [0.2, 0.25) is 0 Å². The summed E-state index contributed by atoms with van der Waals surface area (Å²) < 4.78 is 9.61. The summed E-state index contributed by atoms with van der Waals surface area (Å²) >= 11 is 1.41. The van der Waals surface area contributed by atoms with Crippen LogP contribution in [0.2, 0.25) is 0 Å². The third kappa shape index (κ3) is 3.71. The summed E-state index contributed by atoms with van der Waals surface area (Å²) in [6.45, 7) is 7.58. The van der Waals surface area contributed by atoms with Crippen LogP contribution in [0, 0.1) is 6.92 Å². The van der Waals surface area contributed by atoms with E-state index in [-0.39, 0.29) is 0 Å². The molecule has 2 aromatic heterocycles. The molecule has 3 heterocycles. The van der Waals surface area contributed by atoms with Crippen LogP contribution in [0.4, 0.5) is 0 Å². The zero-order chi connectivity index (χ0) is 17.9. The number of piperidine rings is 1. The van der Waals surface area contributed by atoms with Crippen molar-refractivity contribution in [2.24, 2.45) is 0 Å². The van der Waals surface area contributed by atoms with Gasteiger partial charge in [-0.2, -0.15) is 0 Å². The van der Waals surface area contributed by atoms with Crippen molar-refractivity contribution in [2.45, 2.75) is 38.5 Å². The van der Waals surface area contributed by atoms with Crippen LogP contribution < -0.4 is 0 Å². The number of rotatable bonds is 5. The lowest BCUT2D eigenvalue weighted by atomic mass is 9.91. The molecule has 1 aliphatic heterocycles. The fourth-order valence-corrected chi connectivity index (χ4v) is 4.47. The van der Waals surface area contributed by atoms with E-state index in [9.17, 15) is 0 Å². The minimum atomic E-state index is 0.456. The highest BCUT2D eigenvalue weighted by Gasteiger charge is 2.27. The van der Waals surface area contributed by atoms with Crippen molar-refractivity contribution < 1.29 is 4.52 Å². The van der Waals surface area contributed by atoms with Crippen molar-refractivity contribution in [2.75, 3.05) is 19.6 Å². The first-order valence-electron chi connectivity index (χ1n) is 9.24. The summed E-state index contributed by atoms with van der Waals surface area (Å²) in [7, 11) is 0. The second kappa shape index (κ2) is 7.68. The van der Waals surface area contributed by atoms with E-state index in [0.29, 0.717) is 11.8 Å². The highest BCUT2D eigenvalue weighted by atomic mass is 32.1. The molecule has 1 aliphatic rings. The molecular formula is C20H24N4OS. The van der Waals surface area contributed by atoms with E-state index in [1.54, 1.807) is 0 Å². The maximum Gasteiger partial charge on any atom is 0.180 e. The van der Waals surface area contributed by atoms with Crippen molar-refractivity contribution in [3.05, 3.63) is 53.3 Å². The first-order chi connectivity index (χ1) is 12.7. The Labute approximate surface area is 158 Å². The Morgan fingerprint density at radius 1 is 1.23 bits per heavy atom. The summed E-state index contributed by atoms with van der Waals surface area (Å²) in [6.07, 6.45) is 2.24. The van der Waals surface area contributed by atoms with Gasteiger partial charge in [0.15, 0.2) is 5.76 Å². The quantitative estimate of drug-likeness (QED) is 0.664. The van der Waals surface area contributed by atoms with E-state index >= 15 is 0 Å². The summed E-state index contributed by atoms with van der Waals surface area (Å²) in [6, 6.07) is 12.8. The number of nitrogens with zero attached hydrogens (tertiary/aromatic N) is 4. The van der Waals surface area contributed by atoms with Gasteiger partial charge < -0.3 is 9.42 Å². The van der Waals surface area contributed by atoms with Crippen LogP contribution in [-0.2, 0) is 0 Å². The van der Waals surface area contributed by atoms with Crippen LogP contribution in [-0.4, -0.2) is 39.3 Å². The van der Waals surface area contributed by atoms with E-state index < -0.39 is 0 Å². The average Bonchev–Trinajstić information content (AvgIpc) is 3.32. The Morgan fingerprint density at radius 2 is 2.00 bits per heavy atom. The van der Waals surface area contributed by atoms with E-state index in [0.717, 1.165) is 54.5 Å². The molecule has 5 nitrogen and oxygen atoms in total. The van der Waals surface area contributed by atoms with Crippen molar-refractivity contribution in [1.82, 2.24) is 19.6 Å². The summed E-state index contributed by atoms with van der Waals surface area (Å²) in [5.41, 5.74) is 3.40. The molecule has 0 unspecified atom stereocenters. The second-order valence-corrected chi connectivity index (χ2v) is 7.96. The maximum absolute atomic E-state index is 5.43. The van der Waals surface area contributed by atoms with E-state index in [4.69, 9.17) is 4.52 Å². The Kier molecular flexibility index (Phi) is 5.13. The lowest BCUT2D eigenvalue weighted by molar-refractivity contribution is 0.202. The molecular weight excluding hydrogens is 344 g/mol. The Hall–Kier alpha value is -2.05. The Bertz CT molecular complexity index is 836. The maximum atomic E-state index is 5.43. The van der Waals surface area contributed by atoms with Crippen LogP contribution in [0.15, 0.2) is 40.9 Å². The molecule has 1 aromatic carbocycles. The highest BCUT2D eigenvalue weighted by molar-refractivity contribution is 7.09. The lowest BCUT2D eigenvalue weighted by Crippen LogP contribution is -2.35. The van der Waals surface area contributed by atoms with Gasteiger partial charge in [0.05, 0.1) is 11.4 Å². The molecule has 1 atom stereocenters. The molecule has 6 heteroatoms. The van der Waals surface area contributed by atoms with Gasteiger partial charge in [-0.05, 0) is 55.9 Å². The molecule has 0 saturated carbocycles.